The lowest BCUT2D eigenvalue weighted by atomic mass is 9.85. The number of carbonyl (C=O) groups excluding carboxylic acids is 1. The Hall–Kier alpha value is -0.610. The van der Waals surface area contributed by atoms with Crippen LogP contribution in [0, 0.1) is 11.8 Å². The summed E-state index contributed by atoms with van der Waals surface area (Å²) in [5.74, 6) is 1.41. The molecule has 20 heavy (non-hydrogen) atoms. The highest BCUT2D eigenvalue weighted by Crippen LogP contribution is 2.23. The van der Waals surface area contributed by atoms with Crippen LogP contribution in [0.4, 0.5) is 0 Å². The van der Waals surface area contributed by atoms with Crippen molar-refractivity contribution in [2.24, 2.45) is 11.8 Å². The molecule has 2 fully saturated rings. The number of likely N-dealkylation sites (N-methyl/N-ethyl adjacent to an activating group) is 1. The molecule has 4 nitrogen and oxygen atoms in total. The van der Waals surface area contributed by atoms with Crippen molar-refractivity contribution >= 4 is 5.91 Å². The topological polar surface area (TPSA) is 41.6 Å². The molecule has 2 rings (SSSR count). The van der Waals surface area contributed by atoms with Gasteiger partial charge in [-0.1, -0.05) is 6.92 Å². The third-order valence-electron chi connectivity index (χ3n) is 4.81. The lowest BCUT2D eigenvalue weighted by molar-refractivity contribution is -0.133. The predicted molar refractivity (Wildman–Crippen MR) is 80.6 cm³/mol. The number of amides is 1. The number of piperidine rings is 1. The third-order valence-corrected chi connectivity index (χ3v) is 4.81. The molecule has 4 heteroatoms. The quantitative estimate of drug-likeness (QED) is 0.839. The summed E-state index contributed by atoms with van der Waals surface area (Å²) in [6.45, 7) is 6.05. The second-order valence-electron chi connectivity index (χ2n) is 6.55. The number of rotatable bonds is 5. The van der Waals surface area contributed by atoms with Gasteiger partial charge in [-0.2, -0.15) is 0 Å². The minimum absolute atomic E-state index is 0.254. The van der Waals surface area contributed by atoms with Gasteiger partial charge in [-0.15, -0.1) is 0 Å². The first-order valence-corrected chi connectivity index (χ1v) is 8.23. The molecule has 0 bridgehead atoms. The molecule has 2 aliphatic heterocycles. The third kappa shape index (κ3) is 4.74. The van der Waals surface area contributed by atoms with E-state index in [1.54, 1.807) is 0 Å². The first kappa shape index (κ1) is 15.8. The van der Waals surface area contributed by atoms with Crippen LogP contribution in [0.1, 0.15) is 45.4 Å². The molecule has 0 aromatic heterocycles. The predicted octanol–water partition coefficient (Wildman–Crippen LogP) is 2.04. The first-order valence-electron chi connectivity index (χ1n) is 8.23. The molecule has 1 amide bonds. The summed E-state index contributed by atoms with van der Waals surface area (Å²) in [6, 6.07) is 0. The molecule has 0 aliphatic carbocycles. The molecule has 0 aromatic rings. The molecule has 1 N–H and O–H groups in total. The van der Waals surface area contributed by atoms with Crippen molar-refractivity contribution in [2.75, 3.05) is 33.3 Å². The van der Waals surface area contributed by atoms with Crippen LogP contribution < -0.4 is 5.32 Å². The fraction of sp³-hybridized carbons (Fsp3) is 0.938. The van der Waals surface area contributed by atoms with Crippen LogP contribution in [0.15, 0.2) is 0 Å². The van der Waals surface area contributed by atoms with Gasteiger partial charge in [0.1, 0.15) is 0 Å². The zero-order chi connectivity index (χ0) is 14.4. The Morgan fingerprint density at radius 1 is 1.35 bits per heavy atom. The molecule has 0 aromatic carbocycles. The maximum Gasteiger partial charge on any atom is 0.222 e. The lowest BCUT2D eigenvalue weighted by Crippen LogP contribution is -2.39. The van der Waals surface area contributed by atoms with E-state index in [-0.39, 0.29) is 12.0 Å². The fourth-order valence-electron chi connectivity index (χ4n) is 3.32. The summed E-state index contributed by atoms with van der Waals surface area (Å²) >= 11 is 0. The zero-order valence-corrected chi connectivity index (χ0v) is 13.1. The Labute approximate surface area is 123 Å². The summed E-state index contributed by atoms with van der Waals surface area (Å²) in [7, 11) is 1.92. The fourth-order valence-corrected chi connectivity index (χ4v) is 3.32. The summed E-state index contributed by atoms with van der Waals surface area (Å²) in [5.41, 5.74) is 0. The number of ether oxygens (including phenoxy) is 1. The monoisotopic (exact) mass is 282 g/mol. The molecule has 3 atom stereocenters. The van der Waals surface area contributed by atoms with Crippen LogP contribution in [0.2, 0.25) is 0 Å². The average Bonchev–Trinajstić information content (AvgIpc) is 2.49. The van der Waals surface area contributed by atoms with Crippen molar-refractivity contribution in [3.8, 4) is 0 Å². The van der Waals surface area contributed by atoms with Gasteiger partial charge in [-0.25, -0.2) is 0 Å². The number of nitrogens with zero attached hydrogens (tertiary/aromatic N) is 1. The Bertz CT molecular complexity index is 297. The number of nitrogens with one attached hydrogen (secondary N) is 1. The molecule has 116 valence electrons. The van der Waals surface area contributed by atoms with E-state index in [1.165, 1.54) is 25.7 Å². The average molecular weight is 282 g/mol. The smallest absolute Gasteiger partial charge is 0.222 e. The molecular weight excluding hydrogens is 252 g/mol. The summed E-state index contributed by atoms with van der Waals surface area (Å²) in [6.07, 6.45) is 6.93. The largest absolute Gasteiger partial charge is 0.376 e. The Kier molecular flexibility index (Phi) is 6.30. The van der Waals surface area contributed by atoms with Crippen LogP contribution in [-0.2, 0) is 9.53 Å². The van der Waals surface area contributed by atoms with Gasteiger partial charge in [0.05, 0.1) is 6.10 Å². The van der Waals surface area contributed by atoms with E-state index >= 15 is 0 Å². The highest BCUT2D eigenvalue weighted by atomic mass is 16.5. The normalized spacial score (nSPS) is 28.9. The van der Waals surface area contributed by atoms with E-state index in [0.29, 0.717) is 18.3 Å². The SMILES string of the molecule is CC(CC(=O)N(C)CC1CCCCO1)C1CCCNC1. The van der Waals surface area contributed by atoms with E-state index in [1.807, 2.05) is 11.9 Å². The van der Waals surface area contributed by atoms with Crippen LogP contribution in [-0.4, -0.2) is 50.2 Å². The van der Waals surface area contributed by atoms with Gasteiger partial charge in [0.25, 0.3) is 0 Å². The van der Waals surface area contributed by atoms with Crippen LogP contribution in [0.3, 0.4) is 0 Å². The van der Waals surface area contributed by atoms with Crippen LogP contribution >= 0.6 is 0 Å². The van der Waals surface area contributed by atoms with E-state index in [0.717, 1.165) is 32.7 Å². The maximum absolute atomic E-state index is 12.3. The van der Waals surface area contributed by atoms with Crippen molar-refractivity contribution in [3.63, 3.8) is 0 Å². The van der Waals surface area contributed by atoms with E-state index in [9.17, 15) is 4.79 Å². The van der Waals surface area contributed by atoms with Gasteiger partial charge in [0.15, 0.2) is 0 Å². The molecule has 0 saturated carbocycles. The summed E-state index contributed by atoms with van der Waals surface area (Å²) in [4.78, 5) is 14.2. The second kappa shape index (κ2) is 7.99. The van der Waals surface area contributed by atoms with Gasteiger partial charge < -0.3 is 15.0 Å². The van der Waals surface area contributed by atoms with E-state index < -0.39 is 0 Å². The zero-order valence-electron chi connectivity index (χ0n) is 13.1. The molecule has 0 spiro atoms. The molecule has 0 radical (unpaired) electrons. The van der Waals surface area contributed by atoms with Gasteiger partial charge in [-0.3, -0.25) is 4.79 Å². The number of hydrogen-bond acceptors (Lipinski definition) is 3. The minimum atomic E-state index is 0.254. The van der Waals surface area contributed by atoms with E-state index in [2.05, 4.69) is 12.2 Å². The van der Waals surface area contributed by atoms with Crippen molar-refractivity contribution in [3.05, 3.63) is 0 Å². The Morgan fingerprint density at radius 2 is 2.20 bits per heavy atom. The van der Waals surface area contributed by atoms with Gasteiger partial charge in [0, 0.05) is 26.6 Å². The van der Waals surface area contributed by atoms with Crippen LogP contribution in [0.25, 0.3) is 0 Å². The molecule has 2 heterocycles. The second-order valence-corrected chi connectivity index (χ2v) is 6.55. The molecular formula is C16H30N2O2. The lowest BCUT2D eigenvalue weighted by Gasteiger charge is -2.31. The van der Waals surface area contributed by atoms with Crippen molar-refractivity contribution in [1.29, 1.82) is 0 Å². The summed E-state index contributed by atoms with van der Waals surface area (Å²) < 4.78 is 5.72. The first-order chi connectivity index (χ1) is 9.66. The van der Waals surface area contributed by atoms with E-state index in [4.69, 9.17) is 4.74 Å². The van der Waals surface area contributed by atoms with Gasteiger partial charge in [-0.05, 0) is 57.0 Å². The highest BCUT2D eigenvalue weighted by Gasteiger charge is 2.24. The number of hydrogen-bond donors (Lipinski definition) is 1. The van der Waals surface area contributed by atoms with Gasteiger partial charge in [0.2, 0.25) is 5.91 Å². The van der Waals surface area contributed by atoms with Gasteiger partial charge >= 0.3 is 0 Å². The minimum Gasteiger partial charge on any atom is -0.376 e. The Morgan fingerprint density at radius 3 is 2.85 bits per heavy atom. The van der Waals surface area contributed by atoms with Crippen molar-refractivity contribution in [1.82, 2.24) is 10.2 Å². The molecule has 2 aliphatic rings. The van der Waals surface area contributed by atoms with Crippen LogP contribution in [0.5, 0.6) is 0 Å². The number of carbonyl (C=O) groups is 1. The maximum atomic E-state index is 12.3. The Balaban J connectivity index is 1.71. The molecule has 3 unspecified atom stereocenters. The highest BCUT2D eigenvalue weighted by molar-refractivity contribution is 5.76. The molecule has 2 saturated heterocycles. The van der Waals surface area contributed by atoms with Crippen molar-refractivity contribution < 1.29 is 9.53 Å². The standard InChI is InChI=1S/C16H30N2O2/c1-13(14-6-5-8-17-11-14)10-16(19)18(2)12-15-7-3-4-9-20-15/h13-15,17H,3-12H2,1-2H3. The summed E-state index contributed by atoms with van der Waals surface area (Å²) in [5, 5.41) is 3.44. The van der Waals surface area contributed by atoms with Crippen molar-refractivity contribution in [2.45, 2.75) is 51.6 Å².